The molecular weight excluding hydrogens is 348 g/mol. The van der Waals surface area contributed by atoms with Gasteiger partial charge < -0.3 is 5.32 Å². The van der Waals surface area contributed by atoms with Crippen LogP contribution in [0, 0.1) is 5.41 Å². The second kappa shape index (κ2) is 6.22. The third kappa shape index (κ3) is 3.11. The van der Waals surface area contributed by atoms with E-state index in [9.17, 15) is 4.79 Å². The lowest BCUT2D eigenvalue weighted by molar-refractivity contribution is -0.123. The number of nitrogens with one attached hydrogen (secondary N) is 1. The Kier molecular flexibility index (Phi) is 4.16. The van der Waals surface area contributed by atoms with E-state index in [-0.39, 0.29) is 5.91 Å². The highest BCUT2D eigenvalue weighted by Gasteiger charge is 2.28. The molecule has 0 saturated carbocycles. The monoisotopic (exact) mass is 370 g/mol. The number of thiazole rings is 1. The first-order valence-corrected chi connectivity index (χ1v) is 10.4. The van der Waals surface area contributed by atoms with E-state index in [1.54, 1.807) is 22.7 Å². The Morgan fingerprint density at radius 2 is 1.88 bits per heavy atom. The Labute approximate surface area is 156 Å². The Balaban J connectivity index is 1.84. The van der Waals surface area contributed by atoms with Crippen molar-refractivity contribution in [3.8, 4) is 10.6 Å². The molecule has 4 rings (SSSR count). The zero-order valence-corrected chi connectivity index (χ0v) is 16.4. The van der Waals surface area contributed by atoms with Crippen molar-refractivity contribution in [2.45, 2.75) is 46.5 Å². The van der Waals surface area contributed by atoms with Gasteiger partial charge in [-0.15, -0.1) is 22.7 Å². The Bertz CT molecular complexity index is 913. The molecule has 0 saturated heterocycles. The Morgan fingerprint density at radius 1 is 1.12 bits per heavy atom. The summed E-state index contributed by atoms with van der Waals surface area (Å²) in [4.78, 5) is 18.9. The quantitative estimate of drug-likeness (QED) is 0.611. The van der Waals surface area contributed by atoms with E-state index < -0.39 is 5.41 Å². The van der Waals surface area contributed by atoms with E-state index in [4.69, 9.17) is 4.98 Å². The third-order valence-corrected chi connectivity index (χ3v) is 6.85. The average molecular weight is 371 g/mol. The molecule has 130 valence electrons. The highest BCUT2D eigenvalue weighted by Crippen LogP contribution is 2.46. The zero-order chi connectivity index (χ0) is 17.6. The van der Waals surface area contributed by atoms with E-state index in [1.807, 2.05) is 26.8 Å². The fourth-order valence-electron chi connectivity index (χ4n) is 3.15. The van der Waals surface area contributed by atoms with Gasteiger partial charge in [0.2, 0.25) is 5.91 Å². The summed E-state index contributed by atoms with van der Waals surface area (Å²) in [5.74, 6) is 0.0634. The van der Waals surface area contributed by atoms with Crippen LogP contribution < -0.4 is 5.32 Å². The summed E-state index contributed by atoms with van der Waals surface area (Å²) in [7, 11) is 0. The molecule has 2 aromatic heterocycles. The van der Waals surface area contributed by atoms with E-state index >= 15 is 0 Å². The van der Waals surface area contributed by atoms with Gasteiger partial charge in [0.1, 0.15) is 10.0 Å². The van der Waals surface area contributed by atoms with Crippen LogP contribution in [0.1, 0.15) is 44.1 Å². The van der Waals surface area contributed by atoms with Crippen LogP contribution in [0.4, 0.5) is 5.00 Å². The lowest BCUT2D eigenvalue weighted by Gasteiger charge is -2.17. The molecule has 3 nitrogen and oxygen atoms in total. The van der Waals surface area contributed by atoms with Crippen molar-refractivity contribution in [3.05, 3.63) is 34.7 Å². The second-order valence-electron chi connectivity index (χ2n) is 7.61. The number of nitrogens with zero attached hydrogens (tertiary/aromatic N) is 1. The van der Waals surface area contributed by atoms with Gasteiger partial charge in [-0.2, -0.15) is 0 Å². The number of benzene rings is 1. The summed E-state index contributed by atoms with van der Waals surface area (Å²) < 4.78 is 1.20. The van der Waals surface area contributed by atoms with E-state index in [0.29, 0.717) is 0 Å². The fourth-order valence-corrected chi connectivity index (χ4v) is 5.54. The maximum atomic E-state index is 12.6. The molecule has 1 amide bonds. The minimum atomic E-state index is -0.407. The van der Waals surface area contributed by atoms with Gasteiger partial charge in [-0.25, -0.2) is 4.98 Å². The van der Waals surface area contributed by atoms with Gasteiger partial charge in [0.25, 0.3) is 0 Å². The van der Waals surface area contributed by atoms with Crippen LogP contribution in [0.25, 0.3) is 20.8 Å². The normalized spacial score (nSPS) is 14.5. The number of thiophene rings is 1. The highest BCUT2D eigenvalue weighted by atomic mass is 32.1. The first-order valence-electron chi connectivity index (χ1n) is 8.75. The van der Waals surface area contributed by atoms with Crippen LogP contribution in [0.15, 0.2) is 24.3 Å². The molecule has 0 spiro atoms. The van der Waals surface area contributed by atoms with Gasteiger partial charge in [0.15, 0.2) is 0 Å². The van der Waals surface area contributed by atoms with E-state index in [0.717, 1.165) is 28.4 Å². The summed E-state index contributed by atoms with van der Waals surface area (Å²) in [6.45, 7) is 5.85. The van der Waals surface area contributed by atoms with Crippen molar-refractivity contribution in [2.24, 2.45) is 5.41 Å². The molecule has 0 radical (unpaired) electrons. The number of hydrogen-bond donors (Lipinski definition) is 1. The number of fused-ring (bicyclic) bond motifs is 2. The molecule has 0 aliphatic heterocycles. The van der Waals surface area contributed by atoms with Gasteiger partial charge >= 0.3 is 0 Å². The largest absolute Gasteiger partial charge is 0.317 e. The first kappa shape index (κ1) is 16.7. The molecule has 0 atom stereocenters. The lowest BCUT2D eigenvalue weighted by Crippen LogP contribution is -2.27. The third-order valence-electron chi connectivity index (χ3n) is 4.59. The SMILES string of the molecule is CC(C)(C)C(=O)Nc1sc2c(c1-c1nc3ccccc3s1)CCCC2. The maximum Gasteiger partial charge on any atom is 0.230 e. The van der Waals surface area contributed by atoms with Crippen LogP contribution >= 0.6 is 22.7 Å². The van der Waals surface area contributed by atoms with Crippen molar-refractivity contribution < 1.29 is 4.79 Å². The standard InChI is InChI=1S/C20H22N2OS2/c1-20(2,3)19(23)22-18-16(12-8-4-6-10-14(12)24-18)17-21-13-9-5-7-11-15(13)25-17/h5,7,9,11H,4,6,8,10H2,1-3H3,(H,22,23). The predicted molar refractivity (Wildman–Crippen MR) is 108 cm³/mol. The first-order chi connectivity index (χ1) is 11.9. The number of anilines is 1. The lowest BCUT2D eigenvalue weighted by atomic mass is 9.94. The summed E-state index contributed by atoms with van der Waals surface area (Å²) in [6, 6.07) is 8.25. The van der Waals surface area contributed by atoms with Crippen LogP contribution in [0.5, 0.6) is 0 Å². The Hall–Kier alpha value is -1.72. The average Bonchev–Trinajstić information content (AvgIpc) is 3.13. The van der Waals surface area contributed by atoms with E-state index in [2.05, 4.69) is 23.5 Å². The molecular formula is C20H22N2OS2. The summed E-state index contributed by atoms with van der Waals surface area (Å²) >= 11 is 3.47. The summed E-state index contributed by atoms with van der Waals surface area (Å²) in [5, 5.41) is 5.21. The molecule has 0 unspecified atom stereocenters. The topological polar surface area (TPSA) is 42.0 Å². The van der Waals surface area contributed by atoms with Gasteiger partial charge in [-0.3, -0.25) is 4.79 Å². The number of rotatable bonds is 2. The number of aryl methyl sites for hydroxylation is 1. The van der Waals surface area contributed by atoms with Crippen LogP contribution in [-0.4, -0.2) is 10.9 Å². The number of carbonyl (C=O) groups is 1. The molecule has 2 heterocycles. The van der Waals surface area contributed by atoms with Gasteiger partial charge in [0.05, 0.1) is 10.2 Å². The van der Waals surface area contributed by atoms with Gasteiger partial charge in [0, 0.05) is 15.9 Å². The van der Waals surface area contributed by atoms with Crippen LogP contribution in [-0.2, 0) is 17.6 Å². The number of hydrogen-bond acceptors (Lipinski definition) is 4. The molecule has 0 bridgehead atoms. The Morgan fingerprint density at radius 3 is 2.64 bits per heavy atom. The number of aromatic nitrogens is 1. The zero-order valence-electron chi connectivity index (χ0n) is 14.8. The van der Waals surface area contributed by atoms with Gasteiger partial charge in [-0.05, 0) is 43.4 Å². The summed E-state index contributed by atoms with van der Waals surface area (Å²) in [5.41, 5.74) is 3.19. The minimum Gasteiger partial charge on any atom is -0.317 e. The second-order valence-corrected chi connectivity index (χ2v) is 9.74. The highest BCUT2D eigenvalue weighted by molar-refractivity contribution is 7.22. The smallest absolute Gasteiger partial charge is 0.230 e. The van der Waals surface area contributed by atoms with Crippen molar-refractivity contribution in [2.75, 3.05) is 5.32 Å². The van der Waals surface area contributed by atoms with Crippen molar-refractivity contribution in [3.63, 3.8) is 0 Å². The summed E-state index contributed by atoms with van der Waals surface area (Å²) in [6.07, 6.45) is 4.65. The number of amides is 1. The molecule has 1 aliphatic carbocycles. The van der Waals surface area contributed by atoms with Crippen LogP contribution in [0.2, 0.25) is 0 Å². The van der Waals surface area contributed by atoms with Gasteiger partial charge in [-0.1, -0.05) is 32.9 Å². The van der Waals surface area contributed by atoms with Crippen molar-refractivity contribution in [1.82, 2.24) is 4.98 Å². The molecule has 1 aromatic carbocycles. The number of carbonyl (C=O) groups excluding carboxylic acids is 1. The molecule has 1 aliphatic rings. The number of para-hydroxylation sites is 1. The minimum absolute atomic E-state index is 0.0634. The van der Waals surface area contributed by atoms with Crippen molar-refractivity contribution in [1.29, 1.82) is 0 Å². The van der Waals surface area contributed by atoms with E-state index in [1.165, 1.54) is 33.5 Å². The fraction of sp³-hybridized carbons (Fsp3) is 0.400. The van der Waals surface area contributed by atoms with Crippen LogP contribution in [0.3, 0.4) is 0 Å². The molecule has 0 fully saturated rings. The molecule has 1 N–H and O–H groups in total. The predicted octanol–water partition coefficient (Wildman–Crippen LogP) is 5.89. The van der Waals surface area contributed by atoms with Crippen molar-refractivity contribution >= 4 is 43.8 Å². The molecule has 5 heteroatoms. The molecule has 25 heavy (non-hydrogen) atoms. The molecule has 3 aromatic rings. The maximum absolute atomic E-state index is 12.6.